The normalized spacial score (nSPS) is 14.7. The van der Waals surface area contributed by atoms with E-state index in [2.05, 4.69) is 5.32 Å². The highest BCUT2D eigenvalue weighted by Crippen LogP contribution is 2.26. The zero-order valence-corrected chi connectivity index (χ0v) is 17.3. The molecule has 2 aromatic rings. The van der Waals surface area contributed by atoms with E-state index in [0.717, 1.165) is 29.7 Å². The number of hydrogen-bond donors (Lipinski definition) is 3. The van der Waals surface area contributed by atoms with E-state index in [9.17, 15) is 4.79 Å². The van der Waals surface area contributed by atoms with Crippen LogP contribution in [0.3, 0.4) is 0 Å². The van der Waals surface area contributed by atoms with Crippen LogP contribution in [0.15, 0.2) is 48.5 Å². The predicted molar refractivity (Wildman–Crippen MR) is 116 cm³/mol. The summed E-state index contributed by atoms with van der Waals surface area (Å²) in [5, 5.41) is 10.3. The first kappa shape index (κ1) is 22.7. The van der Waals surface area contributed by atoms with Crippen LogP contribution in [-0.2, 0) is 16.1 Å². The molecule has 1 aliphatic rings. The molecule has 0 aliphatic heterocycles. The van der Waals surface area contributed by atoms with Crippen LogP contribution in [0.25, 0.3) is 0 Å². The Morgan fingerprint density at radius 2 is 1.76 bits per heavy atom. The average molecular weight is 418 g/mol. The number of methoxy groups -OCH3 is 1. The van der Waals surface area contributed by atoms with Gasteiger partial charge in [-0.25, -0.2) is 0 Å². The van der Waals surface area contributed by atoms with E-state index in [1.807, 2.05) is 36.4 Å². The Kier molecular flexibility index (Phi) is 8.49. The topological polar surface area (TPSA) is 97.4 Å². The van der Waals surface area contributed by atoms with E-state index < -0.39 is 6.10 Å². The number of halogens is 1. The zero-order chi connectivity index (χ0) is 19.9. The summed E-state index contributed by atoms with van der Waals surface area (Å²) in [6.07, 6.45) is 4.30. The van der Waals surface area contributed by atoms with E-state index in [1.165, 1.54) is 20.0 Å². The van der Waals surface area contributed by atoms with Crippen molar-refractivity contribution in [1.82, 2.24) is 5.32 Å². The lowest BCUT2D eigenvalue weighted by atomic mass is 10.1. The van der Waals surface area contributed by atoms with Crippen molar-refractivity contribution in [1.29, 1.82) is 5.41 Å². The summed E-state index contributed by atoms with van der Waals surface area (Å²) < 4.78 is 11.4. The van der Waals surface area contributed by atoms with E-state index in [0.29, 0.717) is 18.2 Å². The van der Waals surface area contributed by atoms with E-state index in [1.54, 1.807) is 12.1 Å². The SMILES string of the molecule is CO[C@H](C(=O)NCc1ccc(C(=N)N)cc1)c1ccc(OC2CCCC2)cc1.Cl. The van der Waals surface area contributed by atoms with Gasteiger partial charge in [0, 0.05) is 19.2 Å². The minimum atomic E-state index is -0.683. The van der Waals surface area contributed by atoms with Crippen LogP contribution in [0.2, 0.25) is 0 Å². The quantitative estimate of drug-likeness (QED) is 0.450. The van der Waals surface area contributed by atoms with Gasteiger partial charge in [-0.1, -0.05) is 36.4 Å². The van der Waals surface area contributed by atoms with Crippen molar-refractivity contribution < 1.29 is 14.3 Å². The van der Waals surface area contributed by atoms with Gasteiger partial charge >= 0.3 is 0 Å². The van der Waals surface area contributed by atoms with Crippen molar-refractivity contribution in [2.75, 3.05) is 7.11 Å². The fourth-order valence-corrected chi connectivity index (χ4v) is 3.40. The van der Waals surface area contributed by atoms with Crippen LogP contribution in [0.4, 0.5) is 0 Å². The maximum Gasteiger partial charge on any atom is 0.254 e. The number of benzene rings is 2. The van der Waals surface area contributed by atoms with Crippen LogP contribution in [0.1, 0.15) is 48.5 Å². The highest BCUT2D eigenvalue weighted by Gasteiger charge is 2.21. The molecular formula is C22H28ClN3O3. The fourth-order valence-electron chi connectivity index (χ4n) is 3.40. The van der Waals surface area contributed by atoms with E-state index >= 15 is 0 Å². The van der Waals surface area contributed by atoms with Crippen molar-refractivity contribution in [3.8, 4) is 5.75 Å². The lowest BCUT2D eigenvalue weighted by molar-refractivity contribution is -0.131. The largest absolute Gasteiger partial charge is 0.490 e. The highest BCUT2D eigenvalue weighted by atomic mass is 35.5. The van der Waals surface area contributed by atoms with Gasteiger partial charge < -0.3 is 20.5 Å². The molecule has 0 heterocycles. The predicted octanol–water partition coefficient (Wildman–Crippen LogP) is 3.72. The Morgan fingerprint density at radius 3 is 2.31 bits per heavy atom. The number of carbonyl (C=O) groups is 1. The van der Waals surface area contributed by atoms with Crippen LogP contribution >= 0.6 is 12.4 Å². The van der Waals surface area contributed by atoms with Gasteiger partial charge in [-0.3, -0.25) is 10.2 Å². The third-order valence-corrected chi connectivity index (χ3v) is 4.99. The molecule has 0 bridgehead atoms. The number of ether oxygens (including phenoxy) is 2. The first-order valence-corrected chi connectivity index (χ1v) is 9.57. The molecule has 1 saturated carbocycles. The van der Waals surface area contributed by atoms with Gasteiger partial charge in [0.05, 0.1) is 6.10 Å². The number of nitrogen functional groups attached to an aromatic ring is 1. The first-order valence-electron chi connectivity index (χ1n) is 9.57. The third-order valence-electron chi connectivity index (χ3n) is 4.99. The molecule has 156 valence electrons. The number of nitrogens with one attached hydrogen (secondary N) is 2. The summed E-state index contributed by atoms with van der Waals surface area (Å²) >= 11 is 0. The van der Waals surface area contributed by atoms with Crippen LogP contribution < -0.4 is 15.8 Å². The van der Waals surface area contributed by atoms with Gasteiger partial charge in [-0.2, -0.15) is 0 Å². The summed E-state index contributed by atoms with van der Waals surface area (Å²) in [4.78, 5) is 12.6. The second-order valence-corrected chi connectivity index (χ2v) is 7.04. The first-order chi connectivity index (χ1) is 13.6. The summed E-state index contributed by atoms with van der Waals surface area (Å²) in [5.74, 6) is 0.648. The number of nitrogens with two attached hydrogens (primary N) is 1. The number of amidine groups is 1. The fraction of sp³-hybridized carbons (Fsp3) is 0.364. The van der Waals surface area contributed by atoms with Crippen LogP contribution in [0.5, 0.6) is 5.75 Å². The number of rotatable bonds is 8. The Hall–Kier alpha value is -2.57. The molecule has 0 spiro atoms. The molecule has 7 heteroatoms. The Morgan fingerprint density at radius 1 is 1.14 bits per heavy atom. The van der Waals surface area contributed by atoms with Crippen LogP contribution in [0, 0.1) is 5.41 Å². The molecular weight excluding hydrogens is 390 g/mol. The van der Waals surface area contributed by atoms with Gasteiger partial charge in [0.15, 0.2) is 6.10 Å². The summed E-state index contributed by atoms with van der Waals surface area (Å²) in [7, 11) is 1.52. The van der Waals surface area contributed by atoms with E-state index in [-0.39, 0.29) is 24.1 Å². The van der Waals surface area contributed by atoms with Crippen molar-refractivity contribution in [2.24, 2.45) is 5.73 Å². The van der Waals surface area contributed by atoms with Gasteiger partial charge in [-0.15, -0.1) is 12.4 Å². The van der Waals surface area contributed by atoms with Gasteiger partial charge in [-0.05, 0) is 48.9 Å². The monoisotopic (exact) mass is 417 g/mol. The maximum absolute atomic E-state index is 12.6. The third kappa shape index (κ3) is 6.21. The second-order valence-electron chi connectivity index (χ2n) is 7.04. The Bertz CT molecular complexity index is 803. The molecule has 1 aliphatic carbocycles. The lowest BCUT2D eigenvalue weighted by Crippen LogP contribution is -2.30. The van der Waals surface area contributed by atoms with Crippen molar-refractivity contribution in [3.05, 3.63) is 65.2 Å². The Balaban J connectivity index is 0.00000300. The smallest absolute Gasteiger partial charge is 0.254 e. The van der Waals surface area contributed by atoms with Crippen molar-refractivity contribution in [2.45, 2.75) is 44.4 Å². The molecule has 6 nitrogen and oxygen atoms in total. The van der Waals surface area contributed by atoms with Gasteiger partial charge in [0.2, 0.25) is 0 Å². The summed E-state index contributed by atoms with van der Waals surface area (Å²) in [5.41, 5.74) is 7.82. The van der Waals surface area contributed by atoms with E-state index in [4.69, 9.17) is 20.6 Å². The summed E-state index contributed by atoms with van der Waals surface area (Å²) in [6.45, 7) is 0.375. The van der Waals surface area contributed by atoms with Crippen molar-refractivity contribution >= 4 is 24.1 Å². The maximum atomic E-state index is 12.6. The standard InChI is InChI=1S/C22H27N3O3.ClH/c1-27-20(16-10-12-19(13-11-16)28-18-4-2-3-5-18)22(26)25-14-15-6-8-17(9-7-15)21(23)24;/h6-13,18,20H,2-5,14H2,1H3,(H3,23,24)(H,25,26);1H/t20-;/m0./s1. The minimum Gasteiger partial charge on any atom is -0.490 e. The molecule has 0 saturated heterocycles. The second kappa shape index (κ2) is 10.8. The highest BCUT2D eigenvalue weighted by molar-refractivity contribution is 5.94. The zero-order valence-electron chi connectivity index (χ0n) is 16.5. The molecule has 0 radical (unpaired) electrons. The molecule has 3 rings (SSSR count). The molecule has 29 heavy (non-hydrogen) atoms. The average Bonchev–Trinajstić information content (AvgIpc) is 3.21. The number of amides is 1. The lowest BCUT2D eigenvalue weighted by Gasteiger charge is -2.17. The molecule has 1 atom stereocenters. The molecule has 0 unspecified atom stereocenters. The molecule has 1 amide bonds. The van der Waals surface area contributed by atoms with Gasteiger partial charge in [0.25, 0.3) is 5.91 Å². The summed E-state index contributed by atoms with van der Waals surface area (Å²) in [6, 6.07) is 14.8. The number of carbonyl (C=O) groups excluding carboxylic acids is 1. The molecule has 2 aromatic carbocycles. The van der Waals surface area contributed by atoms with Gasteiger partial charge in [0.1, 0.15) is 11.6 Å². The molecule has 4 N–H and O–H groups in total. The number of hydrogen-bond acceptors (Lipinski definition) is 4. The van der Waals surface area contributed by atoms with Crippen LogP contribution in [-0.4, -0.2) is 25.0 Å². The Labute approximate surface area is 177 Å². The minimum absolute atomic E-state index is 0. The molecule has 0 aromatic heterocycles. The molecule has 1 fully saturated rings. The van der Waals surface area contributed by atoms with Crippen molar-refractivity contribution in [3.63, 3.8) is 0 Å².